The Bertz CT molecular complexity index is 1620. The lowest BCUT2D eigenvalue weighted by Crippen LogP contribution is -2.59. The standard InChI is InChI=1S/C40H59F3N6O9/c1-38(2,3)58-37(56)47-30(25-16-12-9-13-17-25)36(55)49-21-19-26(22-39(4,5)57)31(49)33(52)45-27(18-20-40(41,42)43)32(51)34(53)44-23-28(50)46-29(35(54)48(6)7)24-14-10-8-11-15-24/h8,10-11,14-15,25-27,29-31,57H,9,12-13,16-23H2,1-7H3,(H,44,53)(H,45,52)(H,46,50)(H,47,56)/t26-,27?,29?,30?,31?/m1/s1. The number of halogens is 3. The van der Waals surface area contributed by atoms with Crippen molar-refractivity contribution in [3.05, 3.63) is 35.9 Å². The minimum atomic E-state index is -4.79. The lowest BCUT2D eigenvalue weighted by atomic mass is 9.83. The number of likely N-dealkylation sites (tertiary alicyclic amines) is 1. The highest BCUT2D eigenvalue weighted by Crippen LogP contribution is 2.35. The molecule has 58 heavy (non-hydrogen) atoms. The molecule has 1 aromatic carbocycles. The van der Waals surface area contributed by atoms with Gasteiger partial charge in [-0.25, -0.2) is 4.79 Å². The van der Waals surface area contributed by atoms with Crippen molar-refractivity contribution in [1.82, 2.24) is 31.1 Å². The van der Waals surface area contributed by atoms with Crippen LogP contribution in [0.2, 0.25) is 0 Å². The van der Waals surface area contributed by atoms with Gasteiger partial charge in [-0.1, -0.05) is 49.6 Å². The van der Waals surface area contributed by atoms with Crippen LogP contribution in [-0.4, -0.2) is 119 Å². The Morgan fingerprint density at radius 3 is 2.07 bits per heavy atom. The monoisotopic (exact) mass is 824 g/mol. The van der Waals surface area contributed by atoms with E-state index in [9.17, 15) is 51.8 Å². The SMILES string of the molecule is CN(C)C(=O)C(NC(=O)CNC(=O)C(=O)C(CCC(F)(F)F)NC(=O)C1[C@@H](CC(C)(C)O)CCN1C(=O)C(NC(=O)OC(C)(C)C)C1CCCCC1)c1ccccc1. The van der Waals surface area contributed by atoms with E-state index in [1.807, 2.05) is 0 Å². The summed E-state index contributed by atoms with van der Waals surface area (Å²) in [6.45, 7) is 7.13. The number of Topliss-reactive ketones (excluding diaryl/α,β-unsaturated/α-hetero) is 1. The number of carbonyl (C=O) groups excluding carboxylic acids is 7. The molecule has 0 spiro atoms. The molecule has 2 aliphatic rings. The number of rotatable bonds is 16. The van der Waals surface area contributed by atoms with Gasteiger partial charge in [0.2, 0.25) is 29.4 Å². The number of alkyl halides is 3. The Hall–Kier alpha value is -4.74. The number of hydrogen-bond donors (Lipinski definition) is 5. The number of alkyl carbamates (subject to hydrolysis) is 1. The van der Waals surface area contributed by atoms with Crippen LogP contribution in [0.15, 0.2) is 30.3 Å². The van der Waals surface area contributed by atoms with E-state index in [-0.39, 0.29) is 25.3 Å². The summed E-state index contributed by atoms with van der Waals surface area (Å²) in [7, 11) is 2.95. The van der Waals surface area contributed by atoms with E-state index >= 15 is 0 Å². The smallest absolute Gasteiger partial charge is 0.408 e. The van der Waals surface area contributed by atoms with Crippen molar-refractivity contribution in [3.63, 3.8) is 0 Å². The van der Waals surface area contributed by atoms with Crippen LogP contribution in [0.25, 0.3) is 0 Å². The Kier molecular flexibility index (Phi) is 16.7. The molecule has 5 N–H and O–H groups in total. The number of aliphatic hydroxyl groups is 1. The maximum Gasteiger partial charge on any atom is 0.408 e. The van der Waals surface area contributed by atoms with Crippen molar-refractivity contribution < 1.29 is 56.6 Å². The Labute approximate surface area is 337 Å². The van der Waals surface area contributed by atoms with Crippen LogP contribution in [0.4, 0.5) is 18.0 Å². The maximum absolute atomic E-state index is 14.4. The molecule has 1 aliphatic carbocycles. The molecule has 1 aliphatic heterocycles. The quantitative estimate of drug-likeness (QED) is 0.155. The van der Waals surface area contributed by atoms with Crippen LogP contribution < -0.4 is 21.3 Å². The largest absolute Gasteiger partial charge is 0.444 e. The number of likely N-dealkylation sites (N-methyl/N-ethyl adjacent to an activating group) is 1. The maximum atomic E-state index is 14.4. The predicted molar refractivity (Wildman–Crippen MR) is 206 cm³/mol. The minimum absolute atomic E-state index is 0.00600. The van der Waals surface area contributed by atoms with E-state index in [1.54, 1.807) is 51.1 Å². The van der Waals surface area contributed by atoms with E-state index in [0.29, 0.717) is 18.4 Å². The van der Waals surface area contributed by atoms with Gasteiger partial charge >= 0.3 is 12.3 Å². The molecule has 2 fully saturated rings. The number of nitrogens with zero attached hydrogens (tertiary/aromatic N) is 2. The van der Waals surface area contributed by atoms with Gasteiger partial charge < -0.3 is 40.9 Å². The normalized spacial score (nSPS) is 19.3. The number of hydrogen-bond acceptors (Lipinski definition) is 9. The van der Waals surface area contributed by atoms with Crippen LogP contribution in [-0.2, 0) is 33.5 Å². The molecule has 1 saturated heterocycles. The van der Waals surface area contributed by atoms with Crippen LogP contribution in [0.1, 0.15) is 104 Å². The highest BCUT2D eigenvalue weighted by atomic mass is 19.4. The topological polar surface area (TPSA) is 204 Å². The van der Waals surface area contributed by atoms with Crippen molar-refractivity contribution in [2.45, 2.75) is 134 Å². The Balaban J connectivity index is 1.87. The molecule has 3 rings (SSSR count). The predicted octanol–water partition coefficient (Wildman–Crippen LogP) is 3.30. The Morgan fingerprint density at radius 1 is 0.897 bits per heavy atom. The number of nitrogens with one attached hydrogen (secondary N) is 4. The van der Waals surface area contributed by atoms with Crippen LogP contribution in [0, 0.1) is 11.8 Å². The molecule has 15 nitrogen and oxygen atoms in total. The second-order valence-electron chi connectivity index (χ2n) is 17.0. The molecule has 324 valence electrons. The fourth-order valence-electron chi connectivity index (χ4n) is 7.42. The molecular formula is C40H59F3N6O9. The van der Waals surface area contributed by atoms with Gasteiger partial charge in [0.15, 0.2) is 0 Å². The molecule has 0 bridgehead atoms. The van der Waals surface area contributed by atoms with Gasteiger partial charge in [-0.3, -0.25) is 28.8 Å². The van der Waals surface area contributed by atoms with Crippen LogP contribution in [0.3, 0.4) is 0 Å². The van der Waals surface area contributed by atoms with E-state index in [4.69, 9.17) is 4.74 Å². The van der Waals surface area contributed by atoms with Gasteiger partial charge in [-0.15, -0.1) is 0 Å². The van der Waals surface area contributed by atoms with Crippen LogP contribution in [0.5, 0.6) is 0 Å². The lowest BCUT2D eigenvalue weighted by molar-refractivity contribution is -0.148. The fraction of sp³-hybridized carbons (Fsp3) is 0.675. The van der Waals surface area contributed by atoms with E-state index < -0.39 is 108 Å². The van der Waals surface area contributed by atoms with E-state index in [2.05, 4.69) is 21.3 Å². The molecule has 1 aromatic rings. The second-order valence-corrected chi connectivity index (χ2v) is 17.0. The van der Waals surface area contributed by atoms with Gasteiger partial charge in [0, 0.05) is 27.1 Å². The zero-order valence-corrected chi connectivity index (χ0v) is 34.4. The van der Waals surface area contributed by atoms with Gasteiger partial charge in [-0.05, 0) is 84.1 Å². The third-order valence-electron chi connectivity index (χ3n) is 10.0. The molecule has 0 radical (unpaired) electrons. The van der Waals surface area contributed by atoms with Crippen molar-refractivity contribution in [1.29, 1.82) is 0 Å². The first-order chi connectivity index (χ1) is 26.9. The molecule has 1 heterocycles. The summed E-state index contributed by atoms with van der Waals surface area (Å²) in [6, 6.07) is 2.51. The lowest BCUT2D eigenvalue weighted by Gasteiger charge is -2.36. The average molecular weight is 825 g/mol. The fourth-order valence-corrected chi connectivity index (χ4v) is 7.42. The minimum Gasteiger partial charge on any atom is -0.444 e. The van der Waals surface area contributed by atoms with Gasteiger partial charge in [0.05, 0.1) is 18.2 Å². The molecule has 18 heteroatoms. The first-order valence-corrected chi connectivity index (χ1v) is 19.6. The molecule has 1 saturated carbocycles. The molecule has 6 amide bonds. The number of amides is 6. The molecule has 0 aromatic heterocycles. The third kappa shape index (κ3) is 14.9. The van der Waals surface area contributed by atoms with Crippen molar-refractivity contribution in [2.24, 2.45) is 11.8 Å². The number of carbonyl (C=O) groups is 7. The zero-order valence-electron chi connectivity index (χ0n) is 34.4. The van der Waals surface area contributed by atoms with Crippen molar-refractivity contribution >= 4 is 41.4 Å². The summed E-state index contributed by atoms with van der Waals surface area (Å²) in [5.74, 6) is -7.01. The summed E-state index contributed by atoms with van der Waals surface area (Å²) in [6.07, 6.45) is -4.32. The summed E-state index contributed by atoms with van der Waals surface area (Å²) in [4.78, 5) is 96.4. The van der Waals surface area contributed by atoms with Gasteiger partial charge in [0.1, 0.15) is 23.7 Å². The van der Waals surface area contributed by atoms with Crippen molar-refractivity contribution in [2.75, 3.05) is 27.2 Å². The highest BCUT2D eigenvalue weighted by Gasteiger charge is 2.48. The van der Waals surface area contributed by atoms with Crippen molar-refractivity contribution in [3.8, 4) is 0 Å². The number of ether oxygens (including phenoxy) is 1. The van der Waals surface area contributed by atoms with Crippen LogP contribution >= 0.6 is 0 Å². The van der Waals surface area contributed by atoms with Gasteiger partial charge in [-0.2, -0.15) is 13.2 Å². The van der Waals surface area contributed by atoms with Gasteiger partial charge in [0.25, 0.3) is 5.91 Å². The molecule has 4 unspecified atom stereocenters. The second kappa shape index (κ2) is 20.3. The molecule has 5 atom stereocenters. The first kappa shape index (κ1) is 47.6. The summed E-state index contributed by atoms with van der Waals surface area (Å²) in [5.41, 5.74) is -1.80. The number of ketones is 1. The first-order valence-electron chi connectivity index (χ1n) is 19.6. The number of benzene rings is 1. The summed E-state index contributed by atoms with van der Waals surface area (Å²) in [5, 5.41) is 20.3. The highest BCUT2D eigenvalue weighted by molar-refractivity contribution is 6.38. The van der Waals surface area contributed by atoms with E-state index in [0.717, 1.165) is 19.3 Å². The average Bonchev–Trinajstić information content (AvgIpc) is 3.54. The Morgan fingerprint density at radius 2 is 1.52 bits per heavy atom. The summed E-state index contributed by atoms with van der Waals surface area (Å²) < 4.78 is 46.0. The zero-order chi connectivity index (χ0) is 43.6. The van der Waals surface area contributed by atoms with E-state index in [1.165, 1.54) is 37.7 Å². The summed E-state index contributed by atoms with van der Waals surface area (Å²) >= 11 is 0. The third-order valence-corrected chi connectivity index (χ3v) is 10.0. The molecular weight excluding hydrogens is 765 g/mol.